The minimum absolute atomic E-state index is 0.161. The Morgan fingerprint density at radius 1 is 0.386 bits per heavy atom. The Morgan fingerprint density at radius 3 is 1.05 bits per heavy atom. The number of nitrogens with zero attached hydrogens (tertiary/aromatic N) is 10. The Labute approximate surface area is 749 Å². The molecule has 0 atom stereocenters. The number of carbonyl (C=O) groups is 1. The molecule has 34 heteroatoms. The summed E-state index contributed by atoms with van der Waals surface area (Å²) in [6.07, 6.45) is 11.5. The number of unbranched alkanes of at least 4 members (excludes halogenated alkanes) is 4. The van der Waals surface area contributed by atoms with Gasteiger partial charge in [-0.3, -0.25) is 44.1 Å². The van der Waals surface area contributed by atoms with Gasteiger partial charge in [0.2, 0.25) is 0 Å². The average molecular weight is 1820 g/mol. The minimum Gasteiger partial charge on any atom is -0.379 e. The lowest BCUT2D eigenvalue weighted by Gasteiger charge is -2.32. The predicted molar refractivity (Wildman–Crippen MR) is 510 cm³/mol. The number of hydrogen-bond acceptors (Lipinski definition) is 22. The molecule has 2 amide bonds. The molecule has 3 saturated heterocycles. The Hall–Kier alpha value is -11.5. The third-order valence-corrected chi connectivity index (χ3v) is 27.2. The summed E-state index contributed by atoms with van der Waals surface area (Å²) in [5.41, 5.74) is 20.9. The number of carbonyl (C=O) groups excluding carboxylic acids is 1. The van der Waals surface area contributed by atoms with E-state index in [0.717, 1.165) is 166 Å². The summed E-state index contributed by atoms with van der Waals surface area (Å²) in [6.45, 7) is 23.4. The van der Waals surface area contributed by atoms with E-state index in [1.807, 2.05) is 88.4 Å². The molecule has 8 aromatic carbocycles. The third kappa shape index (κ3) is 28.7. The molecule has 0 saturated carbocycles. The van der Waals surface area contributed by atoms with Crippen molar-refractivity contribution in [1.29, 1.82) is 0 Å². The highest BCUT2D eigenvalue weighted by Crippen LogP contribution is 2.31. The number of nitrogens with one attached hydrogen (secondary N) is 7. The summed E-state index contributed by atoms with van der Waals surface area (Å²) in [4.78, 5) is 39.8. The number of anilines is 4. The van der Waals surface area contributed by atoms with Crippen molar-refractivity contribution in [2.24, 2.45) is 15.9 Å². The highest BCUT2D eigenvalue weighted by molar-refractivity contribution is 7.93. The van der Waals surface area contributed by atoms with Gasteiger partial charge in [0.1, 0.15) is 0 Å². The van der Waals surface area contributed by atoms with Crippen LogP contribution in [0.2, 0.25) is 0 Å². The van der Waals surface area contributed by atoms with Crippen LogP contribution in [0.15, 0.2) is 248 Å². The number of benzene rings is 8. The lowest BCUT2D eigenvalue weighted by molar-refractivity contribution is 0.0371. The highest BCUT2D eigenvalue weighted by Gasteiger charge is 2.23. The second kappa shape index (κ2) is 45.8. The van der Waals surface area contributed by atoms with E-state index in [4.69, 9.17) is 37.4 Å². The summed E-state index contributed by atoms with van der Waals surface area (Å²) < 4.78 is 124. The highest BCUT2D eigenvalue weighted by atomic mass is 32.2. The van der Waals surface area contributed by atoms with E-state index >= 15 is 0 Å². The van der Waals surface area contributed by atoms with Crippen molar-refractivity contribution in [3.05, 3.63) is 263 Å². The number of piperazine rings is 1. The van der Waals surface area contributed by atoms with Crippen LogP contribution >= 0.6 is 12.2 Å². The quantitative estimate of drug-likeness (QED) is 0.00866. The predicted octanol–water partition coefficient (Wildman–Crippen LogP) is 13.5. The molecule has 0 unspecified atom stereocenters. The van der Waals surface area contributed by atoms with Crippen LogP contribution < -0.4 is 40.8 Å². The van der Waals surface area contributed by atoms with Gasteiger partial charge in [-0.15, -0.1) is 0 Å². The number of nitrogens with two attached hydrogens (primary N) is 1. The van der Waals surface area contributed by atoms with Gasteiger partial charge in [-0.25, -0.2) is 53.9 Å². The summed E-state index contributed by atoms with van der Waals surface area (Å²) in [5, 5.41) is 14.8. The molecule has 7 heterocycles. The maximum atomic E-state index is 12.9. The molecular weight excluding hydrogens is 1710 g/mol. The lowest BCUT2D eigenvalue weighted by Crippen LogP contribution is -2.44. The van der Waals surface area contributed by atoms with Crippen molar-refractivity contribution >= 4 is 142 Å². The minimum atomic E-state index is -3.76. The van der Waals surface area contributed by atoms with E-state index in [1.165, 1.54) is 45.1 Å². The number of urea groups is 1. The molecule has 3 aliphatic rings. The van der Waals surface area contributed by atoms with E-state index in [9.17, 15) is 38.5 Å². The molecule has 4 aromatic heterocycles. The fraction of sp³-hybridized carbons (Fsp3) is 0.312. The summed E-state index contributed by atoms with van der Waals surface area (Å²) in [7, 11) is -12.7. The molecule has 3 fully saturated rings. The maximum Gasteiger partial charge on any atom is 0.332 e. The maximum absolute atomic E-state index is 12.9. The van der Waals surface area contributed by atoms with Crippen molar-refractivity contribution in [2.45, 2.75) is 98.6 Å². The van der Waals surface area contributed by atoms with Gasteiger partial charge in [-0.05, 0) is 196 Å². The second-order valence-electron chi connectivity index (χ2n) is 31.3. The number of thiocarbonyl (C=S) groups is 1. The van der Waals surface area contributed by atoms with E-state index in [-0.39, 0.29) is 19.6 Å². The largest absolute Gasteiger partial charge is 0.379 e. The number of primary amides is 1. The lowest BCUT2D eigenvalue weighted by atomic mass is 10.1. The van der Waals surface area contributed by atoms with Crippen LogP contribution in [0.3, 0.4) is 0 Å². The van der Waals surface area contributed by atoms with Gasteiger partial charge < -0.3 is 30.3 Å². The number of ether oxygens (including phenoxy) is 2. The Morgan fingerprint density at radius 2 is 0.701 bits per heavy atom. The number of hydrogen-bond donors (Lipinski definition) is 8. The zero-order valence-electron chi connectivity index (χ0n) is 72.0. The van der Waals surface area contributed by atoms with Crippen molar-refractivity contribution in [3.63, 3.8) is 0 Å². The van der Waals surface area contributed by atoms with Crippen LogP contribution in [0.1, 0.15) is 83.6 Å². The van der Waals surface area contributed by atoms with E-state index < -0.39 is 46.1 Å². The molecular formula is C93H110N18O11S5. The first-order valence-electron chi connectivity index (χ1n) is 42.3. The number of aromatic nitrogens is 4. The molecule has 0 bridgehead atoms. The molecule has 9 N–H and O–H groups in total. The van der Waals surface area contributed by atoms with Crippen LogP contribution in [0.5, 0.6) is 0 Å². The number of para-hydroxylation sites is 4. The molecule has 15 rings (SSSR count). The average Bonchev–Trinajstić information content (AvgIpc) is 0.805. The van der Waals surface area contributed by atoms with Crippen LogP contribution in [0.4, 0.5) is 27.5 Å². The molecule has 668 valence electrons. The van der Waals surface area contributed by atoms with Gasteiger partial charge >= 0.3 is 6.03 Å². The number of fused-ring (bicyclic) bond motifs is 4. The number of rotatable bonds is 31. The Bertz CT molecular complexity index is 6270. The Kier molecular flexibility index (Phi) is 34.1. The SMILES string of the molecule is Cc1ccc(S(=O)(=O)Nc2cccc3ccc(/C=N/NC(=S)NCCN4CCOCC4)nc23)cc1.Cc1ccc(S(=O)(=O)Nc2cccc3ccc(/C=N/NC(N)=O)nc23)cc1.Cc1ccc(S(=O)(=O)Nc2cccc3ccc(CCCCCN4CCN(C)CC4)nc23)cc1.Cc1ccc(S(=O)(=O)Nc2cccc3ccc(CCCCCN4CCOCC4)nc23)cc1. The van der Waals surface area contributed by atoms with Gasteiger partial charge in [0.15, 0.2) is 5.11 Å². The monoisotopic (exact) mass is 1810 g/mol. The molecule has 12 aromatic rings. The number of likely N-dealkylation sites (N-methyl/N-ethyl adjacent to an activating group) is 1. The van der Waals surface area contributed by atoms with Crippen LogP contribution in [0, 0.1) is 27.7 Å². The van der Waals surface area contributed by atoms with E-state index in [2.05, 4.69) is 87.9 Å². The van der Waals surface area contributed by atoms with Crippen LogP contribution in [0.25, 0.3) is 43.6 Å². The van der Waals surface area contributed by atoms with Crippen LogP contribution in [-0.2, 0) is 62.4 Å². The molecule has 0 spiro atoms. The standard InChI is InChI=1S/C26H34N4O2S.C25H31N3O3S.C24H28N6O3S2.C18H17N5O3S/c1-21-10-14-24(15-11-21)33(31,32)28-25-9-6-7-22-12-13-23(27-26(22)25)8-4-3-5-16-30-19-17-29(2)18-20-30;1-20-9-13-23(14-10-20)32(29,30)27-24-8-5-6-21-11-12-22(26-25(21)24)7-3-2-4-15-28-16-18-31-19-17-28;1-18-5-9-21(10-6-18)35(31,32)29-22-4-2-3-19-7-8-20(27-23(19)22)17-26-28-24(34)25-11-12-30-13-15-33-16-14-30;1-12-5-9-15(10-6-12)27(25,26)23-16-4-2-3-13-7-8-14(21-17(13)16)11-20-22-18(19)24/h6-7,9-15,28H,3-5,8,16-20H2,1-2H3;5-6,8-14,27H,2-4,7,15-19H2,1H3;2-10,17,29H,11-16H2,1H3,(H2,25,28,34);2-11,23H,1H3,(H3,19,22,24)/b;;26-17+;20-11+. The first-order chi connectivity index (χ1) is 61.2. The van der Waals surface area contributed by atoms with Gasteiger partial charge in [0, 0.05) is 98.4 Å². The normalized spacial score (nSPS) is 14.4. The molecule has 0 radical (unpaired) electrons. The van der Waals surface area contributed by atoms with E-state index in [0.29, 0.717) is 67.9 Å². The summed E-state index contributed by atoms with van der Waals surface area (Å²) >= 11 is 5.27. The fourth-order valence-corrected chi connectivity index (χ4v) is 18.6. The van der Waals surface area contributed by atoms with Crippen molar-refractivity contribution in [2.75, 3.05) is 131 Å². The molecule has 3 aliphatic heterocycles. The van der Waals surface area contributed by atoms with Crippen molar-refractivity contribution in [1.82, 2.24) is 55.7 Å². The number of morpholine rings is 2. The van der Waals surface area contributed by atoms with E-state index in [1.54, 1.807) is 158 Å². The first kappa shape index (κ1) is 94.6. The zero-order valence-corrected chi connectivity index (χ0v) is 76.1. The van der Waals surface area contributed by atoms with Gasteiger partial charge in [0.25, 0.3) is 40.1 Å². The number of aryl methyl sites for hydroxylation is 6. The number of hydrazone groups is 2. The number of amides is 2. The van der Waals surface area contributed by atoms with Gasteiger partial charge in [-0.2, -0.15) is 10.2 Å². The van der Waals surface area contributed by atoms with Crippen molar-refractivity contribution in [3.8, 4) is 0 Å². The second-order valence-corrected chi connectivity index (χ2v) is 38.4. The summed E-state index contributed by atoms with van der Waals surface area (Å²) in [5.74, 6) is 0. The molecule has 0 aliphatic carbocycles. The zero-order chi connectivity index (χ0) is 89.8. The smallest absolute Gasteiger partial charge is 0.332 e. The third-order valence-electron chi connectivity index (χ3n) is 21.4. The molecule has 127 heavy (non-hydrogen) atoms. The Balaban J connectivity index is 0.000000154. The number of pyridine rings is 4. The number of sulfonamides is 4. The summed E-state index contributed by atoms with van der Waals surface area (Å²) in [6, 6.07) is 63.2. The topological polar surface area (TPSA) is 372 Å². The van der Waals surface area contributed by atoms with Gasteiger partial charge in [-0.1, -0.05) is 156 Å². The first-order valence-corrected chi connectivity index (χ1v) is 48.6. The molecule has 29 nitrogen and oxygen atoms in total. The fourth-order valence-electron chi connectivity index (χ4n) is 14.2. The van der Waals surface area contributed by atoms with Crippen LogP contribution in [-0.4, -0.2) is 209 Å². The van der Waals surface area contributed by atoms with Gasteiger partial charge in [0.05, 0.1) is 115 Å². The van der Waals surface area contributed by atoms with Crippen molar-refractivity contribution < 1.29 is 47.9 Å².